The van der Waals surface area contributed by atoms with E-state index in [1.54, 1.807) is 6.20 Å². The summed E-state index contributed by atoms with van der Waals surface area (Å²) in [4.78, 5) is 11.7. The quantitative estimate of drug-likeness (QED) is 0.498. The molecule has 1 N–H and O–H groups in total. The van der Waals surface area contributed by atoms with Crippen LogP contribution in [0.25, 0.3) is 11.3 Å². The van der Waals surface area contributed by atoms with E-state index in [9.17, 15) is 0 Å². The van der Waals surface area contributed by atoms with Crippen LogP contribution in [0, 0.1) is 0 Å². The Labute approximate surface area is 213 Å². The molecular weight excluding hydrogens is 452 g/mol. The van der Waals surface area contributed by atoms with Gasteiger partial charge in [-0.1, -0.05) is 36.8 Å². The molecule has 2 aliphatic heterocycles. The first-order valence-corrected chi connectivity index (χ1v) is 12.8. The van der Waals surface area contributed by atoms with Crippen molar-refractivity contribution < 1.29 is 14.2 Å². The Morgan fingerprint density at radius 1 is 0.917 bits per heavy atom. The lowest BCUT2D eigenvalue weighted by molar-refractivity contribution is 0.137. The molecule has 0 aliphatic carbocycles. The third kappa shape index (κ3) is 6.91. The van der Waals surface area contributed by atoms with Gasteiger partial charge in [-0.25, -0.2) is 9.97 Å². The van der Waals surface area contributed by atoms with Crippen LogP contribution in [0.4, 0.5) is 11.6 Å². The topological polar surface area (TPSA) is 68.7 Å². The number of fused-ring (bicyclic) bond motifs is 7. The maximum absolute atomic E-state index is 6.21. The highest BCUT2D eigenvalue weighted by Crippen LogP contribution is 2.27. The SMILES string of the molecule is C1=C/COCc2cc(ccc2OCCN2CCCCC2)Nc2nccc(n2)-c2cccc(c2)COC/1. The zero-order valence-electron chi connectivity index (χ0n) is 20.7. The van der Waals surface area contributed by atoms with E-state index >= 15 is 0 Å². The Kier molecular flexibility index (Phi) is 8.57. The summed E-state index contributed by atoms with van der Waals surface area (Å²) in [5.41, 5.74) is 4.88. The van der Waals surface area contributed by atoms with Crippen molar-refractivity contribution in [1.82, 2.24) is 14.9 Å². The molecule has 0 radical (unpaired) electrons. The van der Waals surface area contributed by atoms with Gasteiger partial charge in [0.1, 0.15) is 12.4 Å². The molecule has 36 heavy (non-hydrogen) atoms. The van der Waals surface area contributed by atoms with Crippen molar-refractivity contribution in [2.45, 2.75) is 32.5 Å². The molecule has 1 saturated heterocycles. The van der Waals surface area contributed by atoms with Gasteiger partial charge in [0, 0.05) is 29.6 Å². The molecule has 2 aliphatic rings. The summed E-state index contributed by atoms with van der Waals surface area (Å²) in [6.45, 7) is 5.99. The number of likely N-dealkylation sites (tertiary alicyclic amines) is 1. The second kappa shape index (κ2) is 12.6. The minimum Gasteiger partial charge on any atom is -0.492 e. The van der Waals surface area contributed by atoms with E-state index in [4.69, 9.17) is 19.2 Å². The highest BCUT2D eigenvalue weighted by atomic mass is 16.5. The molecule has 6 bridgehead atoms. The van der Waals surface area contributed by atoms with E-state index in [1.165, 1.54) is 32.4 Å². The lowest BCUT2D eigenvalue weighted by atomic mass is 10.1. The number of rotatable bonds is 4. The average molecular weight is 487 g/mol. The van der Waals surface area contributed by atoms with Gasteiger partial charge in [0.15, 0.2) is 0 Å². The molecule has 1 aromatic heterocycles. The van der Waals surface area contributed by atoms with Gasteiger partial charge in [-0.05, 0) is 61.8 Å². The van der Waals surface area contributed by atoms with Crippen LogP contribution in [-0.4, -0.2) is 54.3 Å². The fourth-order valence-electron chi connectivity index (χ4n) is 4.53. The Hall–Kier alpha value is -3.26. The largest absolute Gasteiger partial charge is 0.492 e. The first-order chi connectivity index (χ1) is 17.8. The number of aromatic nitrogens is 2. The van der Waals surface area contributed by atoms with E-state index in [1.807, 2.05) is 36.4 Å². The molecular formula is C29H34N4O3. The maximum atomic E-state index is 6.21. The van der Waals surface area contributed by atoms with Gasteiger partial charge in [-0.15, -0.1) is 0 Å². The number of ether oxygens (including phenoxy) is 3. The second-order valence-corrected chi connectivity index (χ2v) is 9.17. The van der Waals surface area contributed by atoms with E-state index < -0.39 is 0 Å². The van der Waals surface area contributed by atoms with Gasteiger partial charge in [-0.3, -0.25) is 4.90 Å². The maximum Gasteiger partial charge on any atom is 0.227 e. The van der Waals surface area contributed by atoms with Crippen molar-refractivity contribution in [3.05, 3.63) is 78.0 Å². The molecule has 3 aromatic rings. The van der Waals surface area contributed by atoms with Crippen molar-refractivity contribution in [1.29, 1.82) is 0 Å². The molecule has 5 rings (SSSR count). The monoisotopic (exact) mass is 486 g/mol. The van der Waals surface area contributed by atoms with Gasteiger partial charge in [0.2, 0.25) is 5.95 Å². The van der Waals surface area contributed by atoms with E-state index in [0.29, 0.717) is 39.0 Å². The number of benzene rings is 2. The highest BCUT2D eigenvalue weighted by Gasteiger charge is 2.12. The fraction of sp³-hybridized carbons (Fsp3) is 0.379. The lowest BCUT2D eigenvalue weighted by Gasteiger charge is -2.26. The number of nitrogens with one attached hydrogen (secondary N) is 1. The number of hydrogen-bond donors (Lipinski definition) is 1. The van der Waals surface area contributed by atoms with E-state index in [0.717, 1.165) is 40.4 Å². The van der Waals surface area contributed by atoms with Gasteiger partial charge in [0.05, 0.1) is 32.1 Å². The van der Waals surface area contributed by atoms with E-state index in [2.05, 4.69) is 39.5 Å². The third-order valence-electron chi connectivity index (χ3n) is 6.43. The molecule has 0 unspecified atom stereocenters. The first-order valence-electron chi connectivity index (χ1n) is 12.8. The Balaban J connectivity index is 1.35. The standard InChI is InChI=1S/C29H34N4O3/c1-2-13-33(14-3-1)15-18-36-28-10-9-26-20-25(28)22-35-17-5-4-16-34-21-23-7-6-8-24(19-23)27-11-12-30-29(31-26)32-27/h4-12,19-20H,1-3,13-18,21-22H2,(H,30,31,32)/b5-4+. The molecule has 1 fully saturated rings. The molecule has 188 valence electrons. The lowest BCUT2D eigenvalue weighted by Crippen LogP contribution is -2.33. The first kappa shape index (κ1) is 24.4. The zero-order valence-corrected chi connectivity index (χ0v) is 20.7. The van der Waals surface area contributed by atoms with Crippen molar-refractivity contribution in [2.24, 2.45) is 0 Å². The number of nitrogens with zero attached hydrogens (tertiary/aromatic N) is 3. The molecule has 7 heteroatoms. The normalized spacial score (nSPS) is 17.9. The Morgan fingerprint density at radius 3 is 2.67 bits per heavy atom. The molecule has 0 atom stereocenters. The summed E-state index contributed by atoms with van der Waals surface area (Å²) in [6, 6.07) is 16.2. The molecule has 7 nitrogen and oxygen atoms in total. The van der Waals surface area contributed by atoms with Gasteiger partial charge in [0.25, 0.3) is 0 Å². The van der Waals surface area contributed by atoms with Crippen LogP contribution in [-0.2, 0) is 22.7 Å². The third-order valence-corrected chi connectivity index (χ3v) is 6.43. The van der Waals surface area contributed by atoms with E-state index in [-0.39, 0.29) is 0 Å². The van der Waals surface area contributed by atoms with Crippen LogP contribution >= 0.6 is 0 Å². The molecule has 3 heterocycles. The average Bonchev–Trinajstić information content (AvgIpc) is 2.92. The number of piperidine rings is 1. The van der Waals surface area contributed by atoms with Crippen molar-refractivity contribution in [3.8, 4) is 17.0 Å². The summed E-state index contributed by atoms with van der Waals surface area (Å²) in [6.07, 6.45) is 9.68. The predicted molar refractivity (Wildman–Crippen MR) is 141 cm³/mol. The minimum absolute atomic E-state index is 0.450. The minimum atomic E-state index is 0.450. The molecule has 0 saturated carbocycles. The van der Waals surface area contributed by atoms with Crippen LogP contribution in [0.3, 0.4) is 0 Å². The van der Waals surface area contributed by atoms with Crippen molar-refractivity contribution in [2.75, 3.05) is 44.8 Å². The summed E-state index contributed by atoms with van der Waals surface area (Å²) in [5, 5.41) is 3.35. The van der Waals surface area contributed by atoms with Crippen LogP contribution < -0.4 is 10.1 Å². The Bertz CT molecular complexity index is 1160. The van der Waals surface area contributed by atoms with Crippen molar-refractivity contribution in [3.63, 3.8) is 0 Å². The zero-order chi connectivity index (χ0) is 24.4. The van der Waals surface area contributed by atoms with Crippen LogP contribution in [0.1, 0.15) is 30.4 Å². The second-order valence-electron chi connectivity index (χ2n) is 9.17. The number of anilines is 2. The van der Waals surface area contributed by atoms with Crippen LogP contribution in [0.5, 0.6) is 5.75 Å². The van der Waals surface area contributed by atoms with Gasteiger partial charge >= 0.3 is 0 Å². The highest BCUT2D eigenvalue weighted by molar-refractivity contribution is 5.63. The van der Waals surface area contributed by atoms with Crippen LogP contribution in [0.2, 0.25) is 0 Å². The van der Waals surface area contributed by atoms with Crippen LogP contribution in [0.15, 0.2) is 66.9 Å². The predicted octanol–water partition coefficient (Wildman–Crippen LogP) is 5.35. The summed E-state index contributed by atoms with van der Waals surface area (Å²) < 4.78 is 18.0. The molecule has 2 aromatic carbocycles. The number of hydrogen-bond acceptors (Lipinski definition) is 7. The molecule has 0 spiro atoms. The van der Waals surface area contributed by atoms with Gasteiger partial charge in [-0.2, -0.15) is 0 Å². The smallest absolute Gasteiger partial charge is 0.227 e. The Morgan fingerprint density at radius 2 is 1.78 bits per heavy atom. The summed E-state index contributed by atoms with van der Waals surface area (Å²) in [5.74, 6) is 1.40. The summed E-state index contributed by atoms with van der Waals surface area (Å²) in [7, 11) is 0. The van der Waals surface area contributed by atoms with Gasteiger partial charge < -0.3 is 19.5 Å². The fourth-order valence-corrected chi connectivity index (χ4v) is 4.53. The van der Waals surface area contributed by atoms with Crippen molar-refractivity contribution >= 4 is 11.6 Å². The molecule has 0 amide bonds. The summed E-state index contributed by atoms with van der Waals surface area (Å²) >= 11 is 0.